The molecule has 0 heterocycles. The van der Waals surface area contributed by atoms with E-state index in [4.69, 9.17) is 18.7 Å². The maximum absolute atomic E-state index is 11.7. The smallest absolute Gasteiger partial charge is 0 e. The molecule has 8 heteroatoms. The van der Waals surface area contributed by atoms with Gasteiger partial charge < -0.3 is 4.74 Å². The van der Waals surface area contributed by atoms with Gasteiger partial charge in [-0.2, -0.15) is 0 Å². The molecule has 0 fully saturated rings. The molecule has 0 atom stereocenters. The quantitative estimate of drug-likeness (QED) is 0.164. The number of benzene rings is 1. The molecule has 28 heavy (non-hydrogen) atoms. The molecule has 0 aromatic heterocycles. The molecule has 0 aliphatic rings. The van der Waals surface area contributed by atoms with Gasteiger partial charge in [-0.1, -0.05) is 69.6 Å². The van der Waals surface area contributed by atoms with E-state index in [0.29, 0.717) is 0 Å². The third-order valence-electron chi connectivity index (χ3n) is 3.32. The van der Waals surface area contributed by atoms with Gasteiger partial charge in [0, 0.05) is 28.1 Å². The third kappa shape index (κ3) is 11.3. The van der Waals surface area contributed by atoms with Crippen LogP contribution in [0.1, 0.15) is 5.56 Å². The molecular formula is C20H26CrO5Si2. The minimum absolute atomic E-state index is 0. The maximum atomic E-state index is 11.7. The molecule has 1 rings (SSSR count). The molecule has 0 saturated heterocycles. The van der Waals surface area contributed by atoms with Gasteiger partial charge in [-0.25, -0.2) is 4.79 Å². The minimum atomic E-state index is -1.78. The van der Waals surface area contributed by atoms with Gasteiger partial charge in [0.2, 0.25) is 0 Å². The van der Waals surface area contributed by atoms with Crippen molar-refractivity contribution in [1.82, 2.24) is 0 Å². The maximum Gasteiger partial charge on any atom is 0 e. The largest absolute Gasteiger partial charge is 0 e. The van der Waals surface area contributed by atoms with Crippen LogP contribution < -0.4 is 0 Å². The van der Waals surface area contributed by atoms with Crippen LogP contribution in [0.5, 0.6) is 0 Å². The Bertz CT molecular complexity index is 688. The molecule has 1 aromatic rings. The molecule has 1 aromatic carbocycles. The van der Waals surface area contributed by atoms with E-state index < -0.39 is 16.1 Å². The summed E-state index contributed by atoms with van der Waals surface area (Å²) in [5.41, 5.74) is 1.03. The Morgan fingerprint density at radius 3 is 1.50 bits per heavy atom. The Hall–Kier alpha value is -1.60. The summed E-state index contributed by atoms with van der Waals surface area (Å²) in [6, 6.07) is 10.0. The normalized spacial score (nSPS) is 10.2. The average molecular weight is 455 g/mol. The van der Waals surface area contributed by atoms with Crippen molar-refractivity contribution in [3.05, 3.63) is 66.2 Å². The van der Waals surface area contributed by atoms with Gasteiger partial charge in [0.25, 0.3) is 0 Å². The summed E-state index contributed by atoms with van der Waals surface area (Å²) in [6.07, 6.45) is 0. The number of hydrogen-bond acceptors (Lipinski definition) is 2. The summed E-state index contributed by atoms with van der Waals surface area (Å²) in [4.78, 5) is 11.7. The first-order chi connectivity index (χ1) is 12.6. The van der Waals surface area contributed by atoms with Gasteiger partial charge in [-0.15, -0.1) is 0 Å². The molecular weight excluding hydrogens is 428 g/mol. The second-order valence-corrected chi connectivity index (χ2v) is 17.3. The Morgan fingerprint density at radius 2 is 1.25 bits per heavy atom. The van der Waals surface area contributed by atoms with E-state index in [1.54, 1.807) is 7.11 Å². The summed E-state index contributed by atoms with van der Waals surface area (Å²) < 4.78 is 28.2. The molecule has 0 unspecified atom stereocenters. The SMILES string of the molecule is CO/C(=C(/C(=C=O)[Si](C)(C)C)[Si](C)(C)C)c1ccccc1.[C-]#[O+].[C-]#[O+].[C-]#[O+].[Cr]. The van der Waals surface area contributed by atoms with Crippen molar-refractivity contribution in [2.75, 3.05) is 7.11 Å². The summed E-state index contributed by atoms with van der Waals surface area (Å²) in [5, 5.41) is 1.98. The van der Waals surface area contributed by atoms with Gasteiger partial charge in [0.1, 0.15) is 11.7 Å². The molecule has 0 saturated carbocycles. The Labute approximate surface area is 181 Å². The Kier molecular flexibility index (Phi) is 21.2. The molecule has 0 amide bonds. The first-order valence-corrected chi connectivity index (χ1v) is 14.8. The van der Waals surface area contributed by atoms with Crippen molar-refractivity contribution in [1.29, 1.82) is 0 Å². The van der Waals surface area contributed by atoms with Crippen LogP contribution >= 0.6 is 0 Å². The number of ether oxygens (including phenoxy) is 1. The van der Waals surface area contributed by atoms with E-state index in [9.17, 15) is 4.79 Å². The fourth-order valence-corrected chi connectivity index (χ4v) is 7.51. The fourth-order valence-electron chi connectivity index (χ4n) is 2.36. The second-order valence-electron chi connectivity index (χ2n) is 7.25. The fraction of sp³-hybridized carbons (Fsp3) is 0.350. The van der Waals surface area contributed by atoms with Gasteiger partial charge in [0.05, 0.1) is 23.3 Å². The van der Waals surface area contributed by atoms with E-state index in [2.05, 4.69) is 65.2 Å². The summed E-state index contributed by atoms with van der Waals surface area (Å²) >= 11 is 0. The molecule has 0 bridgehead atoms. The number of carbonyl (C=O) groups excluding carboxylic acids is 1. The summed E-state index contributed by atoms with van der Waals surface area (Å²) in [5.74, 6) is 3.10. The zero-order valence-corrected chi connectivity index (χ0v) is 20.6. The zero-order chi connectivity index (χ0) is 22.3. The molecule has 0 radical (unpaired) electrons. The molecule has 0 spiro atoms. The molecule has 5 nitrogen and oxygen atoms in total. The van der Waals surface area contributed by atoms with E-state index in [-0.39, 0.29) is 17.4 Å². The van der Waals surface area contributed by atoms with Crippen LogP contribution in [0.4, 0.5) is 0 Å². The van der Waals surface area contributed by atoms with Gasteiger partial charge >= 0.3 is 33.9 Å². The minimum Gasteiger partial charge on any atom is 0 e. The van der Waals surface area contributed by atoms with E-state index in [1.165, 1.54) is 0 Å². The van der Waals surface area contributed by atoms with Gasteiger partial charge in [0.15, 0.2) is 0 Å². The van der Waals surface area contributed by atoms with Crippen molar-refractivity contribution < 1.29 is 40.8 Å². The van der Waals surface area contributed by atoms with Crippen LogP contribution in [-0.2, 0) is 40.8 Å². The van der Waals surface area contributed by atoms with Gasteiger partial charge in [-0.3, -0.25) is 0 Å². The van der Waals surface area contributed by atoms with Crippen molar-refractivity contribution >= 4 is 27.8 Å². The van der Waals surface area contributed by atoms with Crippen LogP contribution in [0.2, 0.25) is 39.3 Å². The number of methoxy groups -OCH3 is 1. The van der Waals surface area contributed by atoms with Gasteiger partial charge in [-0.05, 0) is 5.20 Å². The van der Waals surface area contributed by atoms with E-state index in [1.807, 2.05) is 30.3 Å². The number of hydrogen-bond donors (Lipinski definition) is 0. The van der Waals surface area contributed by atoms with Crippen LogP contribution in [0, 0.1) is 20.0 Å². The molecule has 150 valence electrons. The summed E-state index contributed by atoms with van der Waals surface area (Å²) in [7, 11) is -1.85. The van der Waals surface area contributed by atoms with E-state index >= 15 is 0 Å². The number of allylic oxidation sites excluding steroid dienone is 2. The molecule has 0 aliphatic heterocycles. The standard InChI is InChI=1S/C17H26O2Si2.3CO.Cr/c1-19-16(14-11-9-8-10-12-14)17(21(5,6)7)15(13-18)20(2,3)4;3*1-2;/h8-12H,1-7H3;;;;/b17-16-;;;;. The third-order valence-corrected chi connectivity index (χ3v) is 7.40. The van der Waals surface area contributed by atoms with Crippen molar-refractivity contribution in [3.63, 3.8) is 0 Å². The average Bonchev–Trinajstić information content (AvgIpc) is 2.65. The zero-order valence-electron chi connectivity index (χ0n) is 17.3. The van der Waals surface area contributed by atoms with Crippen LogP contribution in [-0.4, -0.2) is 29.2 Å². The first-order valence-electron chi connectivity index (χ1n) is 7.84. The monoisotopic (exact) mass is 454 g/mol. The topological polar surface area (TPSA) is 86.0 Å². The molecule has 0 N–H and O–H groups in total. The van der Waals surface area contributed by atoms with Crippen LogP contribution in [0.15, 0.2) is 40.7 Å². The Balaban J connectivity index is -0.000000374. The predicted molar refractivity (Wildman–Crippen MR) is 108 cm³/mol. The number of rotatable bonds is 5. The molecule has 0 aliphatic carbocycles. The van der Waals surface area contributed by atoms with Crippen LogP contribution in [0.3, 0.4) is 0 Å². The van der Waals surface area contributed by atoms with Crippen LogP contribution in [0.25, 0.3) is 5.76 Å². The first kappa shape index (κ1) is 33.9. The van der Waals surface area contributed by atoms with Crippen molar-refractivity contribution in [2.24, 2.45) is 0 Å². The second kappa shape index (κ2) is 17.5. The van der Waals surface area contributed by atoms with Crippen molar-refractivity contribution in [3.8, 4) is 0 Å². The van der Waals surface area contributed by atoms with E-state index in [0.717, 1.165) is 21.7 Å². The predicted octanol–water partition coefficient (Wildman–Crippen LogP) is 4.44. The Morgan fingerprint density at radius 1 is 0.857 bits per heavy atom. The summed E-state index contributed by atoms with van der Waals surface area (Å²) in [6.45, 7) is 26.8. The van der Waals surface area contributed by atoms with Crippen molar-refractivity contribution in [2.45, 2.75) is 39.3 Å².